The van der Waals surface area contributed by atoms with E-state index in [9.17, 15) is 0 Å². The summed E-state index contributed by atoms with van der Waals surface area (Å²) >= 11 is 0. The van der Waals surface area contributed by atoms with Gasteiger partial charge in [-0.05, 0) is 26.7 Å². The van der Waals surface area contributed by atoms with E-state index in [1.807, 2.05) is 13.8 Å². The second-order valence-electron chi connectivity index (χ2n) is 4.14. The van der Waals surface area contributed by atoms with Crippen LogP contribution in [0, 0.1) is 0 Å². The van der Waals surface area contributed by atoms with Gasteiger partial charge in [0.25, 0.3) is 0 Å². The highest BCUT2D eigenvalue weighted by atomic mass is 16.5. The number of aromatic nitrogens is 2. The molecule has 0 spiro atoms. The fourth-order valence-corrected chi connectivity index (χ4v) is 1.66. The molecule has 0 unspecified atom stereocenters. The van der Waals surface area contributed by atoms with E-state index in [1.165, 1.54) is 0 Å². The number of hydrogen-bond acceptors (Lipinski definition) is 5. The molecule has 0 saturated carbocycles. The molecule has 1 aliphatic heterocycles. The lowest BCUT2D eigenvalue weighted by molar-refractivity contribution is 0.0830. The topological polar surface area (TPSA) is 60.2 Å². The molecule has 2 rings (SSSR count). The first-order valence-electron chi connectivity index (χ1n) is 5.43. The van der Waals surface area contributed by atoms with Crippen LogP contribution >= 0.6 is 0 Å². The minimum Gasteiger partial charge on any atom is -0.381 e. The van der Waals surface area contributed by atoms with E-state index in [0.717, 1.165) is 31.9 Å². The van der Waals surface area contributed by atoms with Crippen molar-refractivity contribution in [3.05, 3.63) is 5.82 Å². The van der Waals surface area contributed by atoms with Crippen LogP contribution in [0.1, 0.15) is 38.4 Å². The van der Waals surface area contributed by atoms with E-state index in [2.05, 4.69) is 15.5 Å². The zero-order valence-electron chi connectivity index (χ0n) is 9.19. The summed E-state index contributed by atoms with van der Waals surface area (Å²) in [5.41, 5.74) is 0. The Morgan fingerprint density at radius 1 is 1.33 bits per heavy atom. The van der Waals surface area contributed by atoms with Gasteiger partial charge in [0.2, 0.25) is 0 Å². The molecule has 0 aromatic carbocycles. The second kappa shape index (κ2) is 4.61. The third-order valence-electron chi connectivity index (χ3n) is 2.44. The van der Waals surface area contributed by atoms with Crippen molar-refractivity contribution in [1.82, 2.24) is 10.1 Å². The Balaban J connectivity index is 1.99. The highest BCUT2D eigenvalue weighted by Gasteiger charge is 2.21. The first kappa shape index (κ1) is 10.4. The SMILES string of the molecule is CC(C)Nc1nc(C2CCOCC2)no1. The maximum atomic E-state index is 5.29. The van der Waals surface area contributed by atoms with E-state index in [4.69, 9.17) is 9.26 Å². The summed E-state index contributed by atoms with van der Waals surface area (Å²) in [6.07, 6.45) is 1.97. The second-order valence-corrected chi connectivity index (χ2v) is 4.14. The van der Waals surface area contributed by atoms with Gasteiger partial charge in [-0.15, -0.1) is 0 Å². The summed E-state index contributed by atoms with van der Waals surface area (Å²) in [5, 5.41) is 7.08. The van der Waals surface area contributed by atoms with Crippen LogP contribution in [-0.4, -0.2) is 29.4 Å². The molecule has 0 amide bonds. The Morgan fingerprint density at radius 3 is 2.73 bits per heavy atom. The molecule has 5 nitrogen and oxygen atoms in total. The molecule has 5 heteroatoms. The molecule has 1 aliphatic rings. The summed E-state index contributed by atoms with van der Waals surface area (Å²) in [6, 6.07) is 0.833. The monoisotopic (exact) mass is 211 g/mol. The fraction of sp³-hybridized carbons (Fsp3) is 0.800. The molecule has 1 aromatic rings. The maximum Gasteiger partial charge on any atom is 0.321 e. The fourth-order valence-electron chi connectivity index (χ4n) is 1.66. The van der Waals surface area contributed by atoms with Crippen LogP contribution in [0.4, 0.5) is 6.01 Å². The lowest BCUT2D eigenvalue weighted by atomic mass is 10.00. The number of nitrogens with one attached hydrogen (secondary N) is 1. The molecule has 2 heterocycles. The van der Waals surface area contributed by atoms with Crippen LogP contribution in [0.3, 0.4) is 0 Å². The molecule has 0 bridgehead atoms. The lowest BCUT2D eigenvalue weighted by Gasteiger charge is -2.18. The quantitative estimate of drug-likeness (QED) is 0.825. The van der Waals surface area contributed by atoms with Crippen molar-refractivity contribution in [3.8, 4) is 0 Å². The van der Waals surface area contributed by atoms with Crippen LogP contribution in [0.15, 0.2) is 4.52 Å². The van der Waals surface area contributed by atoms with Crippen molar-refractivity contribution in [1.29, 1.82) is 0 Å². The first-order valence-corrected chi connectivity index (χ1v) is 5.43. The van der Waals surface area contributed by atoms with Gasteiger partial charge >= 0.3 is 6.01 Å². The van der Waals surface area contributed by atoms with Crippen LogP contribution in [-0.2, 0) is 4.74 Å². The Morgan fingerprint density at radius 2 is 2.07 bits per heavy atom. The summed E-state index contributed by atoms with van der Waals surface area (Å²) in [4.78, 5) is 4.33. The standard InChI is InChI=1S/C10H17N3O2/c1-7(2)11-10-12-9(13-15-10)8-3-5-14-6-4-8/h7-8H,3-6H2,1-2H3,(H,11,12,13). The maximum absolute atomic E-state index is 5.29. The van der Waals surface area contributed by atoms with Crippen LogP contribution in [0.5, 0.6) is 0 Å². The Labute approximate surface area is 89.2 Å². The third kappa shape index (κ3) is 2.68. The molecular weight excluding hydrogens is 194 g/mol. The van der Waals surface area contributed by atoms with Gasteiger partial charge in [0.1, 0.15) is 0 Å². The zero-order chi connectivity index (χ0) is 10.7. The predicted octanol–water partition coefficient (Wildman–Crippen LogP) is 1.78. The summed E-state index contributed by atoms with van der Waals surface area (Å²) in [7, 11) is 0. The molecular formula is C10H17N3O2. The molecule has 0 aliphatic carbocycles. The smallest absolute Gasteiger partial charge is 0.321 e. The molecule has 1 saturated heterocycles. The number of ether oxygens (including phenoxy) is 1. The highest BCUT2D eigenvalue weighted by Crippen LogP contribution is 2.25. The Kier molecular flexibility index (Phi) is 3.20. The summed E-state index contributed by atoms with van der Waals surface area (Å²) in [6.45, 7) is 5.68. The van der Waals surface area contributed by atoms with Gasteiger partial charge in [0, 0.05) is 25.2 Å². The van der Waals surface area contributed by atoms with E-state index in [1.54, 1.807) is 0 Å². The summed E-state index contributed by atoms with van der Waals surface area (Å²) < 4.78 is 10.4. The van der Waals surface area contributed by atoms with Crippen molar-refractivity contribution in [2.45, 2.75) is 38.6 Å². The van der Waals surface area contributed by atoms with Gasteiger partial charge in [0.05, 0.1) is 0 Å². The van der Waals surface area contributed by atoms with Gasteiger partial charge in [-0.1, -0.05) is 5.16 Å². The number of nitrogens with zero attached hydrogens (tertiary/aromatic N) is 2. The number of rotatable bonds is 3. The average molecular weight is 211 g/mol. The molecule has 1 aromatic heterocycles. The van der Waals surface area contributed by atoms with Crippen molar-refractivity contribution in [2.75, 3.05) is 18.5 Å². The molecule has 1 fully saturated rings. The molecule has 0 radical (unpaired) electrons. The third-order valence-corrected chi connectivity index (χ3v) is 2.44. The molecule has 0 atom stereocenters. The van der Waals surface area contributed by atoms with Crippen LogP contribution in [0.2, 0.25) is 0 Å². The van der Waals surface area contributed by atoms with Crippen molar-refractivity contribution in [3.63, 3.8) is 0 Å². The number of anilines is 1. The van der Waals surface area contributed by atoms with E-state index < -0.39 is 0 Å². The predicted molar refractivity (Wildman–Crippen MR) is 55.9 cm³/mol. The summed E-state index contributed by atoms with van der Waals surface area (Å²) in [5.74, 6) is 1.20. The van der Waals surface area contributed by atoms with Crippen molar-refractivity contribution in [2.24, 2.45) is 0 Å². The zero-order valence-corrected chi connectivity index (χ0v) is 9.19. The van der Waals surface area contributed by atoms with Gasteiger partial charge in [0.15, 0.2) is 5.82 Å². The van der Waals surface area contributed by atoms with Crippen LogP contribution < -0.4 is 5.32 Å². The largest absolute Gasteiger partial charge is 0.381 e. The average Bonchev–Trinajstić information content (AvgIpc) is 2.67. The minimum absolute atomic E-state index is 0.313. The first-order chi connectivity index (χ1) is 7.25. The van der Waals surface area contributed by atoms with Crippen molar-refractivity contribution >= 4 is 6.01 Å². The van der Waals surface area contributed by atoms with Crippen LogP contribution in [0.25, 0.3) is 0 Å². The minimum atomic E-state index is 0.313. The molecule has 1 N–H and O–H groups in total. The highest BCUT2D eigenvalue weighted by molar-refractivity contribution is 5.20. The number of hydrogen-bond donors (Lipinski definition) is 1. The normalized spacial score (nSPS) is 18.3. The van der Waals surface area contributed by atoms with Gasteiger partial charge < -0.3 is 14.6 Å². The molecule has 84 valence electrons. The van der Waals surface area contributed by atoms with E-state index in [-0.39, 0.29) is 0 Å². The van der Waals surface area contributed by atoms with Crippen molar-refractivity contribution < 1.29 is 9.26 Å². The van der Waals surface area contributed by atoms with Gasteiger partial charge in [-0.2, -0.15) is 4.98 Å². The Bertz CT molecular complexity index is 305. The van der Waals surface area contributed by atoms with E-state index in [0.29, 0.717) is 18.0 Å². The van der Waals surface area contributed by atoms with E-state index >= 15 is 0 Å². The Hall–Kier alpha value is -1.10. The lowest BCUT2D eigenvalue weighted by Crippen LogP contribution is -2.15. The van der Waals surface area contributed by atoms with Gasteiger partial charge in [-0.3, -0.25) is 0 Å². The van der Waals surface area contributed by atoms with Gasteiger partial charge in [-0.25, -0.2) is 0 Å². The molecule has 15 heavy (non-hydrogen) atoms.